The number of aryl methyl sites for hydroxylation is 1. The van der Waals surface area contributed by atoms with Crippen molar-refractivity contribution >= 4 is 5.91 Å². The molecule has 2 aromatic rings. The van der Waals surface area contributed by atoms with E-state index in [0.717, 1.165) is 36.1 Å². The number of ether oxygens (including phenoxy) is 2. The molecule has 0 radical (unpaired) electrons. The number of carbonyl (C=O) groups is 1. The first-order chi connectivity index (χ1) is 12.2. The van der Waals surface area contributed by atoms with Gasteiger partial charge in [0.25, 0.3) is 11.8 Å². The third-order valence-electron chi connectivity index (χ3n) is 4.64. The number of nitrogens with zero attached hydrogens (tertiary/aromatic N) is 2. The maximum Gasteiger partial charge on any atom is 0.259 e. The molecule has 0 saturated carbocycles. The molecule has 25 heavy (non-hydrogen) atoms. The van der Waals surface area contributed by atoms with E-state index in [9.17, 15) is 4.79 Å². The molecule has 1 aromatic heterocycles. The van der Waals surface area contributed by atoms with Crippen molar-refractivity contribution in [1.29, 1.82) is 0 Å². The second kappa shape index (κ2) is 7.70. The van der Waals surface area contributed by atoms with E-state index in [2.05, 4.69) is 5.16 Å². The molecule has 3 rings (SSSR count). The van der Waals surface area contributed by atoms with Gasteiger partial charge in [-0.2, -0.15) is 0 Å². The van der Waals surface area contributed by atoms with Gasteiger partial charge in [-0.3, -0.25) is 4.79 Å². The molecule has 0 spiro atoms. The number of methoxy groups -OCH3 is 1. The normalized spacial score (nSPS) is 17.6. The molecule has 1 aliphatic rings. The monoisotopic (exact) mass is 344 g/mol. The Balaban J connectivity index is 1.87. The van der Waals surface area contributed by atoms with Crippen molar-refractivity contribution in [2.75, 3.05) is 20.8 Å². The minimum absolute atomic E-state index is 0.0878. The van der Waals surface area contributed by atoms with Crippen molar-refractivity contribution in [3.63, 3.8) is 0 Å². The van der Waals surface area contributed by atoms with Crippen LogP contribution >= 0.6 is 0 Å². The fourth-order valence-electron chi connectivity index (χ4n) is 3.40. The first kappa shape index (κ1) is 17.5. The smallest absolute Gasteiger partial charge is 0.259 e. The third kappa shape index (κ3) is 3.39. The van der Waals surface area contributed by atoms with Crippen LogP contribution in [-0.4, -0.2) is 36.7 Å². The van der Waals surface area contributed by atoms with E-state index in [-0.39, 0.29) is 11.9 Å². The van der Waals surface area contributed by atoms with Crippen LogP contribution < -0.4 is 4.74 Å². The highest BCUT2D eigenvalue weighted by Gasteiger charge is 2.36. The summed E-state index contributed by atoms with van der Waals surface area (Å²) >= 11 is 0. The SMILES string of the molecule is CCOc1noc2c1[C@H](N(C)C(=O)[C@H](OC)c1ccccc1)CCC2. The van der Waals surface area contributed by atoms with E-state index in [1.165, 1.54) is 0 Å². The molecule has 1 heterocycles. The Morgan fingerprint density at radius 1 is 1.40 bits per heavy atom. The summed E-state index contributed by atoms with van der Waals surface area (Å²) in [6, 6.07) is 9.41. The molecule has 0 N–H and O–H groups in total. The lowest BCUT2D eigenvalue weighted by Gasteiger charge is -2.33. The minimum Gasteiger partial charge on any atom is -0.476 e. The van der Waals surface area contributed by atoms with E-state index in [1.54, 1.807) is 19.1 Å². The Kier molecular flexibility index (Phi) is 5.38. The molecular formula is C19H24N2O4. The lowest BCUT2D eigenvalue weighted by atomic mass is 9.91. The lowest BCUT2D eigenvalue weighted by Crippen LogP contribution is -2.37. The van der Waals surface area contributed by atoms with Gasteiger partial charge in [-0.1, -0.05) is 30.3 Å². The molecule has 0 fully saturated rings. The lowest BCUT2D eigenvalue weighted by molar-refractivity contribution is -0.143. The summed E-state index contributed by atoms with van der Waals surface area (Å²) in [6.45, 7) is 2.41. The number of hydrogen-bond acceptors (Lipinski definition) is 5. The summed E-state index contributed by atoms with van der Waals surface area (Å²) in [7, 11) is 3.36. The molecule has 1 aliphatic carbocycles. The molecule has 0 aliphatic heterocycles. The Bertz CT molecular complexity index is 713. The minimum atomic E-state index is -0.632. The fraction of sp³-hybridized carbons (Fsp3) is 0.474. The van der Waals surface area contributed by atoms with Gasteiger partial charge in [-0.05, 0) is 30.5 Å². The van der Waals surface area contributed by atoms with Crippen molar-refractivity contribution in [2.24, 2.45) is 0 Å². The van der Waals surface area contributed by atoms with Crippen LogP contribution in [0.25, 0.3) is 0 Å². The Labute approximate surface area is 147 Å². The molecular weight excluding hydrogens is 320 g/mol. The van der Waals surface area contributed by atoms with Gasteiger partial charge < -0.3 is 18.9 Å². The van der Waals surface area contributed by atoms with Crippen molar-refractivity contribution in [2.45, 2.75) is 38.3 Å². The summed E-state index contributed by atoms with van der Waals surface area (Å²) in [4.78, 5) is 14.8. The standard InChI is InChI=1S/C19H24N2O4/c1-4-24-18-16-14(11-8-12-15(16)25-20-18)21(2)19(22)17(23-3)13-9-6-5-7-10-13/h5-7,9-10,14,17H,4,8,11-12H2,1-3H3/t14-,17-/m1/s1. The van der Waals surface area contributed by atoms with E-state index < -0.39 is 6.10 Å². The van der Waals surface area contributed by atoms with Crippen LogP contribution in [0.1, 0.15) is 48.8 Å². The first-order valence-corrected chi connectivity index (χ1v) is 8.63. The highest BCUT2D eigenvalue weighted by Crippen LogP contribution is 2.40. The Morgan fingerprint density at radius 3 is 2.84 bits per heavy atom. The Morgan fingerprint density at radius 2 is 2.16 bits per heavy atom. The first-order valence-electron chi connectivity index (χ1n) is 8.63. The van der Waals surface area contributed by atoms with E-state index >= 15 is 0 Å². The average molecular weight is 344 g/mol. The summed E-state index contributed by atoms with van der Waals surface area (Å²) in [5.74, 6) is 1.22. The summed E-state index contributed by atoms with van der Waals surface area (Å²) in [5.41, 5.74) is 1.74. The third-order valence-corrected chi connectivity index (χ3v) is 4.64. The second-order valence-corrected chi connectivity index (χ2v) is 6.14. The number of fused-ring (bicyclic) bond motifs is 1. The molecule has 2 atom stereocenters. The molecule has 134 valence electrons. The number of carbonyl (C=O) groups excluding carboxylic acids is 1. The molecule has 6 nitrogen and oxygen atoms in total. The van der Waals surface area contributed by atoms with Gasteiger partial charge in [0.2, 0.25) is 0 Å². The van der Waals surface area contributed by atoms with Crippen LogP contribution in [0.2, 0.25) is 0 Å². The predicted molar refractivity (Wildman–Crippen MR) is 92.3 cm³/mol. The molecule has 6 heteroatoms. The number of rotatable bonds is 6. The van der Waals surface area contributed by atoms with Gasteiger partial charge in [0.15, 0.2) is 6.10 Å². The van der Waals surface area contributed by atoms with E-state index in [0.29, 0.717) is 12.5 Å². The van der Waals surface area contributed by atoms with Gasteiger partial charge in [-0.15, -0.1) is 0 Å². The number of benzene rings is 1. The summed E-state index contributed by atoms with van der Waals surface area (Å²) in [6.07, 6.45) is 1.98. The quantitative estimate of drug-likeness (QED) is 0.804. The number of amides is 1. The zero-order valence-corrected chi connectivity index (χ0v) is 14.9. The maximum absolute atomic E-state index is 13.1. The summed E-state index contributed by atoms with van der Waals surface area (Å²) in [5, 5.41) is 4.04. The zero-order valence-electron chi connectivity index (χ0n) is 14.9. The van der Waals surface area contributed by atoms with Crippen LogP contribution in [-0.2, 0) is 16.0 Å². The van der Waals surface area contributed by atoms with Crippen LogP contribution in [0.3, 0.4) is 0 Å². The predicted octanol–water partition coefficient (Wildman–Crippen LogP) is 3.30. The van der Waals surface area contributed by atoms with Gasteiger partial charge in [0, 0.05) is 20.6 Å². The highest BCUT2D eigenvalue weighted by molar-refractivity contribution is 5.82. The van der Waals surface area contributed by atoms with Crippen LogP contribution in [0.15, 0.2) is 34.9 Å². The second-order valence-electron chi connectivity index (χ2n) is 6.14. The van der Waals surface area contributed by atoms with Gasteiger partial charge >= 0.3 is 0 Å². The van der Waals surface area contributed by atoms with Crippen molar-refractivity contribution in [3.05, 3.63) is 47.2 Å². The largest absolute Gasteiger partial charge is 0.476 e. The van der Waals surface area contributed by atoms with E-state index in [1.807, 2.05) is 37.3 Å². The van der Waals surface area contributed by atoms with Crippen LogP contribution in [0.4, 0.5) is 0 Å². The maximum atomic E-state index is 13.1. The number of hydrogen-bond donors (Lipinski definition) is 0. The summed E-state index contributed by atoms with van der Waals surface area (Å²) < 4.78 is 16.5. The van der Waals surface area contributed by atoms with Gasteiger partial charge in [0.1, 0.15) is 5.76 Å². The molecule has 0 bridgehead atoms. The topological polar surface area (TPSA) is 64.8 Å². The zero-order chi connectivity index (χ0) is 17.8. The number of aromatic nitrogens is 1. The van der Waals surface area contributed by atoms with Gasteiger partial charge in [0.05, 0.1) is 18.2 Å². The molecule has 1 amide bonds. The van der Waals surface area contributed by atoms with E-state index in [4.69, 9.17) is 14.0 Å². The molecule has 0 saturated heterocycles. The average Bonchev–Trinajstić information content (AvgIpc) is 3.06. The fourth-order valence-corrected chi connectivity index (χ4v) is 3.40. The number of likely N-dealkylation sites (N-methyl/N-ethyl adjacent to an activating group) is 1. The van der Waals surface area contributed by atoms with Crippen LogP contribution in [0, 0.1) is 0 Å². The van der Waals surface area contributed by atoms with Gasteiger partial charge in [-0.25, -0.2) is 0 Å². The molecule has 1 aromatic carbocycles. The Hall–Kier alpha value is -2.34. The van der Waals surface area contributed by atoms with Crippen molar-refractivity contribution in [1.82, 2.24) is 10.1 Å². The molecule has 0 unspecified atom stereocenters. The van der Waals surface area contributed by atoms with Crippen LogP contribution in [0.5, 0.6) is 5.88 Å². The highest BCUT2D eigenvalue weighted by atomic mass is 16.5. The van der Waals surface area contributed by atoms with Crippen molar-refractivity contribution < 1.29 is 18.8 Å². The van der Waals surface area contributed by atoms with Crippen molar-refractivity contribution in [3.8, 4) is 5.88 Å².